The highest BCUT2D eigenvalue weighted by molar-refractivity contribution is 6.27. The zero-order valence-electron chi connectivity index (χ0n) is 15.3. The summed E-state index contributed by atoms with van der Waals surface area (Å²) in [7, 11) is 1.84. The molecule has 1 amide bonds. The van der Waals surface area contributed by atoms with Crippen LogP contribution in [0, 0.1) is 5.92 Å². The van der Waals surface area contributed by atoms with Crippen molar-refractivity contribution in [3.8, 4) is 0 Å². The molecule has 7 nitrogen and oxygen atoms in total. The fourth-order valence-electron chi connectivity index (χ4n) is 4.24. The lowest BCUT2D eigenvalue weighted by Crippen LogP contribution is -2.44. The first-order valence-electron chi connectivity index (χ1n) is 9.40. The number of alkyl halides is 2. The van der Waals surface area contributed by atoms with Gasteiger partial charge in [0.15, 0.2) is 5.13 Å². The molecule has 1 saturated heterocycles. The first-order chi connectivity index (χ1) is 13.4. The molecule has 146 valence electrons. The summed E-state index contributed by atoms with van der Waals surface area (Å²) in [6.07, 6.45) is 9.99. The van der Waals surface area contributed by atoms with E-state index in [-0.39, 0.29) is 24.4 Å². The second-order valence-corrected chi connectivity index (χ2v) is 8.38. The second-order valence-electron chi connectivity index (χ2n) is 7.75. The Hall–Kier alpha value is -2.48. The van der Waals surface area contributed by atoms with Crippen molar-refractivity contribution in [3.63, 3.8) is 0 Å². The smallest absolute Gasteiger partial charge is 0.231 e. The monoisotopic (exact) mass is 402 g/mol. The first kappa shape index (κ1) is 17.6. The first-order valence-corrected chi connectivity index (χ1v) is 9.78. The van der Waals surface area contributed by atoms with Gasteiger partial charge in [-0.15, -0.1) is 0 Å². The summed E-state index contributed by atoms with van der Waals surface area (Å²) in [5, 5.41) is 5.42. The largest absolute Gasteiger partial charge is 0.333 e. The Morgan fingerprint density at radius 3 is 2.93 bits per heavy atom. The highest BCUT2D eigenvalue weighted by atomic mass is 35.5. The quantitative estimate of drug-likeness (QED) is 0.795. The number of aryl methyl sites for hydroxylation is 1. The molecule has 0 aromatic carbocycles. The molecule has 1 aliphatic carbocycles. The Morgan fingerprint density at radius 2 is 2.25 bits per heavy atom. The number of carbonyl (C=O) groups excluding carboxylic acids is 1. The van der Waals surface area contributed by atoms with E-state index in [0.717, 1.165) is 29.8 Å². The number of fused-ring (bicyclic) bond motifs is 2. The van der Waals surface area contributed by atoms with Crippen LogP contribution in [0.4, 0.5) is 16.0 Å². The van der Waals surface area contributed by atoms with Crippen molar-refractivity contribution in [2.24, 2.45) is 13.0 Å². The summed E-state index contributed by atoms with van der Waals surface area (Å²) in [5.41, 5.74) is 2.75. The number of aromatic nitrogens is 4. The van der Waals surface area contributed by atoms with Gasteiger partial charge in [0.2, 0.25) is 11.9 Å². The standard InChI is InChI=1S/C19H20ClFN6O/c1-26-10-12(9-23-26)24-18-22-5-4-16(25-18)11-6-13-2-3-14(7-11)27(13)17(28)15-8-19(15,20)21/h4-6,9-10,13-15H,2-3,7-8H2,1H3,(H,22,24,25). The number of amides is 1. The van der Waals surface area contributed by atoms with E-state index in [4.69, 9.17) is 11.6 Å². The molecule has 4 heterocycles. The van der Waals surface area contributed by atoms with E-state index >= 15 is 0 Å². The number of halogens is 2. The van der Waals surface area contributed by atoms with Crippen LogP contribution in [-0.4, -0.2) is 47.8 Å². The van der Waals surface area contributed by atoms with E-state index in [1.54, 1.807) is 17.1 Å². The number of rotatable bonds is 4. The lowest BCUT2D eigenvalue weighted by atomic mass is 9.98. The normalized spacial score (nSPS) is 30.9. The van der Waals surface area contributed by atoms with Crippen LogP contribution < -0.4 is 5.32 Å². The van der Waals surface area contributed by atoms with Gasteiger partial charge in [-0.1, -0.05) is 17.7 Å². The predicted molar refractivity (Wildman–Crippen MR) is 103 cm³/mol. The average Bonchev–Trinajstić information content (AvgIpc) is 2.96. The van der Waals surface area contributed by atoms with Crippen molar-refractivity contribution in [2.45, 2.75) is 42.9 Å². The Balaban J connectivity index is 1.36. The van der Waals surface area contributed by atoms with E-state index in [0.29, 0.717) is 12.4 Å². The summed E-state index contributed by atoms with van der Waals surface area (Å²) in [6, 6.07) is 1.94. The van der Waals surface area contributed by atoms with Crippen molar-refractivity contribution in [1.29, 1.82) is 0 Å². The minimum atomic E-state index is -1.85. The van der Waals surface area contributed by atoms with Crippen LogP contribution in [0.3, 0.4) is 0 Å². The molecule has 4 unspecified atom stereocenters. The summed E-state index contributed by atoms with van der Waals surface area (Å²) in [4.78, 5) is 23.4. The molecule has 0 spiro atoms. The molecular formula is C19H20ClFN6O. The number of hydrogen-bond donors (Lipinski definition) is 1. The Bertz CT molecular complexity index is 973. The zero-order chi connectivity index (χ0) is 19.5. The van der Waals surface area contributed by atoms with Crippen LogP contribution in [0.15, 0.2) is 30.7 Å². The molecule has 2 aliphatic heterocycles. The highest BCUT2D eigenvalue weighted by Gasteiger charge is 2.61. The minimum absolute atomic E-state index is 0.0148. The number of nitrogens with one attached hydrogen (secondary N) is 1. The number of anilines is 2. The number of nitrogens with zero attached hydrogens (tertiary/aromatic N) is 5. The van der Waals surface area contributed by atoms with Gasteiger partial charge < -0.3 is 10.2 Å². The van der Waals surface area contributed by atoms with Crippen LogP contribution in [0.5, 0.6) is 0 Å². The van der Waals surface area contributed by atoms with Crippen molar-refractivity contribution in [3.05, 3.63) is 36.4 Å². The maximum absolute atomic E-state index is 13.8. The van der Waals surface area contributed by atoms with Crippen molar-refractivity contribution >= 4 is 34.7 Å². The molecule has 5 rings (SSSR count). The molecule has 2 bridgehead atoms. The molecule has 1 N–H and O–H groups in total. The molecule has 2 aromatic rings. The third-order valence-corrected chi connectivity index (χ3v) is 6.14. The SMILES string of the molecule is Cn1cc(Nc2nccc(C3=CC4CCC(C3)N4C(=O)C3CC3(F)Cl)n2)cn1. The topological polar surface area (TPSA) is 75.9 Å². The van der Waals surface area contributed by atoms with E-state index in [9.17, 15) is 9.18 Å². The van der Waals surface area contributed by atoms with Gasteiger partial charge in [0.05, 0.1) is 29.5 Å². The van der Waals surface area contributed by atoms with Crippen molar-refractivity contribution in [1.82, 2.24) is 24.6 Å². The predicted octanol–water partition coefficient (Wildman–Crippen LogP) is 3.02. The van der Waals surface area contributed by atoms with Crippen LogP contribution in [0.2, 0.25) is 0 Å². The van der Waals surface area contributed by atoms with E-state index < -0.39 is 11.0 Å². The summed E-state index contributed by atoms with van der Waals surface area (Å²) in [6.45, 7) is 0. The zero-order valence-corrected chi connectivity index (χ0v) is 16.1. The van der Waals surface area contributed by atoms with Gasteiger partial charge in [0.25, 0.3) is 0 Å². The maximum atomic E-state index is 13.8. The molecule has 4 atom stereocenters. The maximum Gasteiger partial charge on any atom is 0.231 e. The van der Waals surface area contributed by atoms with Gasteiger partial charge in [-0.05, 0) is 30.9 Å². The number of hydrogen-bond acceptors (Lipinski definition) is 5. The average molecular weight is 403 g/mol. The van der Waals surface area contributed by atoms with Crippen LogP contribution >= 0.6 is 11.6 Å². The molecule has 3 aliphatic rings. The molecule has 9 heteroatoms. The van der Waals surface area contributed by atoms with Gasteiger partial charge in [-0.25, -0.2) is 14.4 Å². The lowest BCUT2D eigenvalue weighted by molar-refractivity contribution is -0.135. The summed E-state index contributed by atoms with van der Waals surface area (Å²) < 4.78 is 15.5. The van der Waals surface area contributed by atoms with Gasteiger partial charge in [0, 0.05) is 31.9 Å². The summed E-state index contributed by atoms with van der Waals surface area (Å²) in [5.74, 6) is -0.344. The van der Waals surface area contributed by atoms with Crippen LogP contribution in [0.1, 0.15) is 31.4 Å². The fraction of sp³-hybridized carbons (Fsp3) is 0.474. The van der Waals surface area contributed by atoms with E-state index in [1.165, 1.54) is 0 Å². The number of carbonyl (C=O) groups is 1. The molecule has 2 aromatic heterocycles. The fourth-order valence-corrected chi connectivity index (χ4v) is 4.49. The third kappa shape index (κ3) is 3.05. The van der Waals surface area contributed by atoms with E-state index in [1.807, 2.05) is 24.2 Å². The van der Waals surface area contributed by atoms with Gasteiger partial charge in [-0.3, -0.25) is 9.48 Å². The minimum Gasteiger partial charge on any atom is -0.333 e. The Kier molecular flexibility index (Phi) is 3.94. The van der Waals surface area contributed by atoms with E-state index in [2.05, 4.69) is 26.5 Å². The molecule has 2 fully saturated rings. The Morgan fingerprint density at radius 1 is 1.43 bits per heavy atom. The molecule has 28 heavy (non-hydrogen) atoms. The molecule has 0 radical (unpaired) electrons. The molecular weight excluding hydrogens is 383 g/mol. The van der Waals surface area contributed by atoms with Gasteiger partial charge in [-0.2, -0.15) is 5.10 Å². The van der Waals surface area contributed by atoms with Crippen LogP contribution in [-0.2, 0) is 11.8 Å². The van der Waals surface area contributed by atoms with Crippen molar-refractivity contribution in [2.75, 3.05) is 5.32 Å². The third-order valence-electron chi connectivity index (χ3n) is 5.72. The highest BCUT2D eigenvalue weighted by Crippen LogP contribution is 2.53. The summed E-state index contributed by atoms with van der Waals surface area (Å²) >= 11 is 5.69. The second kappa shape index (κ2) is 6.27. The Labute approximate surface area is 166 Å². The molecule has 1 saturated carbocycles. The van der Waals surface area contributed by atoms with Crippen molar-refractivity contribution < 1.29 is 9.18 Å². The van der Waals surface area contributed by atoms with Gasteiger partial charge >= 0.3 is 0 Å². The van der Waals surface area contributed by atoms with Gasteiger partial charge in [0.1, 0.15) is 0 Å². The van der Waals surface area contributed by atoms with Crippen LogP contribution in [0.25, 0.3) is 5.57 Å². The lowest BCUT2D eigenvalue weighted by Gasteiger charge is -2.34.